The molecule has 2 aromatic carbocycles. The second kappa shape index (κ2) is 7.44. The van der Waals surface area contributed by atoms with Gasteiger partial charge in [-0.3, -0.25) is 9.52 Å². The number of rotatable bonds is 5. The first-order valence-corrected chi connectivity index (χ1v) is 12.3. The summed E-state index contributed by atoms with van der Waals surface area (Å²) in [5.41, 5.74) is -0.0911. The molecule has 0 bridgehead atoms. The van der Waals surface area contributed by atoms with Crippen LogP contribution in [0, 0.1) is 12.3 Å². The third-order valence-corrected chi connectivity index (χ3v) is 8.50. The van der Waals surface area contributed by atoms with Gasteiger partial charge in [-0.2, -0.15) is 0 Å². The van der Waals surface area contributed by atoms with Crippen LogP contribution in [-0.2, 0) is 24.8 Å². The Bertz CT molecular complexity index is 1220. The number of amides is 1. The van der Waals surface area contributed by atoms with Crippen molar-refractivity contribution in [1.29, 1.82) is 0 Å². The monoisotopic (exact) mass is 472 g/mol. The molecular formula is C19H21ClN2O6S2. The zero-order chi connectivity index (χ0) is 22.5. The first-order valence-electron chi connectivity index (χ1n) is 8.83. The van der Waals surface area contributed by atoms with Crippen molar-refractivity contribution >= 4 is 48.9 Å². The molecule has 3 rings (SSSR count). The molecule has 2 aromatic rings. The van der Waals surface area contributed by atoms with Gasteiger partial charge in [0.05, 0.1) is 34.5 Å². The Balaban J connectivity index is 1.93. The SMILES string of the molecule is COc1cc(Cl)c(C)cc1NS(=O)(=O)c1ccc(N2C(=O)C(C)(C)CS2(=O)=O)cc1. The maximum absolute atomic E-state index is 12.8. The summed E-state index contributed by atoms with van der Waals surface area (Å²) in [4.78, 5) is 12.4. The number of nitrogens with zero attached hydrogens (tertiary/aromatic N) is 1. The van der Waals surface area contributed by atoms with E-state index in [1.54, 1.807) is 26.8 Å². The number of nitrogens with one attached hydrogen (secondary N) is 1. The first kappa shape index (κ1) is 22.4. The Morgan fingerprint density at radius 3 is 2.27 bits per heavy atom. The van der Waals surface area contributed by atoms with Crippen LogP contribution in [0.4, 0.5) is 11.4 Å². The number of benzene rings is 2. The van der Waals surface area contributed by atoms with E-state index in [9.17, 15) is 21.6 Å². The summed E-state index contributed by atoms with van der Waals surface area (Å²) in [6.45, 7) is 4.83. The minimum absolute atomic E-state index is 0.0874. The molecule has 1 N–H and O–H groups in total. The molecule has 162 valence electrons. The second-order valence-corrected chi connectivity index (χ2v) is 11.5. The highest BCUT2D eigenvalue weighted by Gasteiger charge is 2.49. The highest BCUT2D eigenvalue weighted by atomic mass is 35.5. The number of hydrogen-bond acceptors (Lipinski definition) is 6. The van der Waals surface area contributed by atoms with Crippen LogP contribution in [0.2, 0.25) is 5.02 Å². The van der Waals surface area contributed by atoms with E-state index in [1.165, 1.54) is 37.4 Å². The number of sulfonamides is 2. The average molecular weight is 473 g/mol. The number of anilines is 2. The minimum Gasteiger partial charge on any atom is -0.495 e. The summed E-state index contributed by atoms with van der Waals surface area (Å²) in [6, 6.07) is 8.10. The van der Waals surface area contributed by atoms with Crippen LogP contribution < -0.4 is 13.8 Å². The normalized spacial score (nSPS) is 17.8. The number of aryl methyl sites for hydroxylation is 1. The number of carbonyl (C=O) groups is 1. The van der Waals surface area contributed by atoms with Crippen LogP contribution in [0.15, 0.2) is 41.3 Å². The molecule has 0 spiro atoms. The van der Waals surface area contributed by atoms with Crippen molar-refractivity contribution in [3.05, 3.63) is 47.0 Å². The van der Waals surface area contributed by atoms with E-state index < -0.39 is 31.4 Å². The molecule has 0 saturated carbocycles. The average Bonchev–Trinajstić information content (AvgIpc) is 2.80. The van der Waals surface area contributed by atoms with Crippen LogP contribution in [-0.4, -0.2) is 35.6 Å². The van der Waals surface area contributed by atoms with E-state index in [1.807, 2.05) is 0 Å². The number of methoxy groups -OCH3 is 1. The van der Waals surface area contributed by atoms with Gasteiger partial charge in [-0.25, -0.2) is 21.1 Å². The lowest BCUT2D eigenvalue weighted by atomic mass is 9.95. The standard InChI is InChI=1S/C19H21ClN2O6S2/c1-12-9-16(17(28-4)10-15(12)20)21-30(26,27)14-7-5-13(6-8-14)22-18(23)19(2,3)11-29(22,24)25/h5-10,21H,11H2,1-4H3. The van der Waals surface area contributed by atoms with Crippen LogP contribution in [0.25, 0.3) is 0 Å². The number of ether oxygens (including phenoxy) is 1. The topological polar surface area (TPSA) is 110 Å². The first-order chi connectivity index (χ1) is 13.8. The van der Waals surface area contributed by atoms with Gasteiger partial charge >= 0.3 is 0 Å². The molecular weight excluding hydrogens is 452 g/mol. The lowest BCUT2D eigenvalue weighted by Gasteiger charge is -2.18. The maximum atomic E-state index is 12.8. The molecule has 0 aromatic heterocycles. The quantitative estimate of drug-likeness (QED) is 0.715. The predicted octanol–water partition coefficient (Wildman–Crippen LogP) is 3.16. The zero-order valence-corrected chi connectivity index (χ0v) is 19.2. The van der Waals surface area contributed by atoms with Crippen molar-refractivity contribution in [3.8, 4) is 5.75 Å². The predicted molar refractivity (Wildman–Crippen MR) is 115 cm³/mol. The number of hydrogen-bond donors (Lipinski definition) is 1. The molecule has 1 saturated heterocycles. The van der Waals surface area contributed by atoms with E-state index in [4.69, 9.17) is 16.3 Å². The van der Waals surface area contributed by atoms with Gasteiger partial charge in [0.15, 0.2) is 0 Å². The molecule has 0 aliphatic carbocycles. The van der Waals surface area contributed by atoms with E-state index in [0.717, 1.165) is 4.31 Å². The van der Waals surface area contributed by atoms with Crippen molar-refractivity contribution in [2.24, 2.45) is 5.41 Å². The van der Waals surface area contributed by atoms with E-state index in [0.29, 0.717) is 10.6 Å². The van der Waals surface area contributed by atoms with Crippen LogP contribution in [0.3, 0.4) is 0 Å². The summed E-state index contributed by atoms with van der Waals surface area (Å²) in [7, 11) is -6.44. The summed E-state index contributed by atoms with van der Waals surface area (Å²) >= 11 is 6.05. The van der Waals surface area contributed by atoms with Gasteiger partial charge in [0.1, 0.15) is 5.75 Å². The highest BCUT2D eigenvalue weighted by Crippen LogP contribution is 2.36. The van der Waals surface area contributed by atoms with Crippen molar-refractivity contribution in [2.75, 3.05) is 21.9 Å². The summed E-state index contributed by atoms with van der Waals surface area (Å²) in [6.07, 6.45) is 0. The molecule has 1 heterocycles. The molecule has 1 aliphatic heterocycles. The van der Waals surface area contributed by atoms with Gasteiger partial charge in [0.2, 0.25) is 15.9 Å². The smallest absolute Gasteiger partial charge is 0.262 e. The van der Waals surface area contributed by atoms with Gasteiger partial charge in [0, 0.05) is 11.1 Å². The van der Waals surface area contributed by atoms with Crippen molar-refractivity contribution in [1.82, 2.24) is 0 Å². The second-order valence-electron chi connectivity index (χ2n) is 7.61. The van der Waals surface area contributed by atoms with Crippen molar-refractivity contribution in [2.45, 2.75) is 25.7 Å². The van der Waals surface area contributed by atoms with Gasteiger partial charge in [-0.1, -0.05) is 11.6 Å². The molecule has 8 nitrogen and oxygen atoms in total. The molecule has 0 radical (unpaired) electrons. The third kappa shape index (κ3) is 3.99. The fourth-order valence-corrected chi connectivity index (χ4v) is 6.46. The summed E-state index contributed by atoms with van der Waals surface area (Å²) < 4.78 is 58.7. The highest BCUT2D eigenvalue weighted by molar-refractivity contribution is 7.94. The Morgan fingerprint density at radius 2 is 1.77 bits per heavy atom. The summed E-state index contributed by atoms with van der Waals surface area (Å²) in [5, 5.41) is 0.429. The molecule has 1 fully saturated rings. The minimum atomic E-state index is -4.01. The van der Waals surface area contributed by atoms with E-state index in [-0.39, 0.29) is 27.8 Å². The van der Waals surface area contributed by atoms with Crippen molar-refractivity contribution < 1.29 is 26.4 Å². The van der Waals surface area contributed by atoms with Gasteiger partial charge in [-0.05, 0) is 56.7 Å². The van der Waals surface area contributed by atoms with Gasteiger partial charge in [0.25, 0.3) is 10.0 Å². The zero-order valence-electron chi connectivity index (χ0n) is 16.8. The molecule has 0 atom stereocenters. The largest absolute Gasteiger partial charge is 0.495 e. The Hall–Kier alpha value is -2.30. The Morgan fingerprint density at radius 1 is 1.17 bits per heavy atom. The van der Waals surface area contributed by atoms with Crippen LogP contribution in [0.5, 0.6) is 5.75 Å². The van der Waals surface area contributed by atoms with Gasteiger partial charge in [-0.15, -0.1) is 0 Å². The fraction of sp³-hybridized carbons (Fsp3) is 0.316. The fourth-order valence-electron chi connectivity index (χ4n) is 3.14. The molecule has 0 unspecified atom stereocenters. The Labute approximate surface area is 180 Å². The third-order valence-electron chi connectivity index (χ3n) is 4.69. The summed E-state index contributed by atoms with van der Waals surface area (Å²) in [5.74, 6) is -0.615. The lowest BCUT2D eigenvalue weighted by Crippen LogP contribution is -2.32. The number of carbonyl (C=O) groups excluding carboxylic acids is 1. The molecule has 30 heavy (non-hydrogen) atoms. The van der Waals surface area contributed by atoms with Crippen LogP contribution in [0.1, 0.15) is 19.4 Å². The maximum Gasteiger partial charge on any atom is 0.262 e. The van der Waals surface area contributed by atoms with E-state index >= 15 is 0 Å². The molecule has 11 heteroatoms. The van der Waals surface area contributed by atoms with Gasteiger partial charge < -0.3 is 4.74 Å². The Kier molecular flexibility index (Phi) is 5.55. The molecule has 1 amide bonds. The van der Waals surface area contributed by atoms with Crippen molar-refractivity contribution in [3.63, 3.8) is 0 Å². The lowest BCUT2D eigenvalue weighted by molar-refractivity contribution is -0.123. The van der Waals surface area contributed by atoms with Crippen LogP contribution >= 0.6 is 11.6 Å². The van der Waals surface area contributed by atoms with E-state index in [2.05, 4.69) is 4.72 Å². The number of halogens is 1. The molecule has 1 aliphatic rings.